The highest BCUT2D eigenvalue weighted by Gasteiger charge is 2.28. The number of nitrogens with one attached hydrogen (secondary N) is 1. The van der Waals surface area contributed by atoms with Crippen LogP contribution in [0.1, 0.15) is 30.4 Å². The average Bonchev–Trinajstić information content (AvgIpc) is 3.01. The van der Waals surface area contributed by atoms with Gasteiger partial charge in [0.15, 0.2) is 0 Å². The highest BCUT2D eigenvalue weighted by atomic mass is 16.5. The van der Waals surface area contributed by atoms with Gasteiger partial charge in [0.25, 0.3) is 0 Å². The summed E-state index contributed by atoms with van der Waals surface area (Å²) in [7, 11) is 1.78. The van der Waals surface area contributed by atoms with Crippen molar-refractivity contribution >= 4 is 11.8 Å². The molecule has 23 heavy (non-hydrogen) atoms. The van der Waals surface area contributed by atoms with Gasteiger partial charge in [0, 0.05) is 25.9 Å². The minimum absolute atomic E-state index is 0.0380. The van der Waals surface area contributed by atoms with Crippen LogP contribution in [0.2, 0.25) is 0 Å². The van der Waals surface area contributed by atoms with E-state index in [0.717, 1.165) is 18.6 Å². The van der Waals surface area contributed by atoms with Crippen molar-refractivity contribution in [1.82, 2.24) is 10.2 Å². The molecule has 0 bridgehead atoms. The maximum absolute atomic E-state index is 12.1. The number of nitrogens with zero attached hydrogens (tertiary/aromatic N) is 1. The van der Waals surface area contributed by atoms with Gasteiger partial charge < -0.3 is 15.0 Å². The number of benzene rings is 1. The number of fused-ring (bicyclic) bond motifs is 1. The van der Waals surface area contributed by atoms with E-state index in [2.05, 4.69) is 17.4 Å². The predicted molar refractivity (Wildman–Crippen MR) is 87.3 cm³/mol. The number of piperidine rings is 1. The van der Waals surface area contributed by atoms with Crippen molar-refractivity contribution in [1.29, 1.82) is 0 Å². The first kappa shape index (κ1) is 15.8. The van der Waals surface area contributed by atoms with Crippen molar-refractivity contribution in [3.63, 3.8) is 0 Å². The second-order valence-electron chi connectivity index (χ2n) is 6.43. The third-order valence-corrected chi connectivity index (χ3v) is 4.77. The Morgan fingerprint density at radius 3 is 3.00 bits per heavy atom. The zero-order valence-corrected chi connectivity index (χ0v) is 13.6. The lowest BCUT2D eigenvalue weighted by Crippen LogP contribution is -2.42. The molecule has 1 atom stereocenters. The fourth-order valence-electron chi connectivity index (χ4n) is 3.29. The molecule has 1 aromatic rings. The minimum Gasteiger partial charge on any atom is -0.492 e. The Kier molecular flexibility index (Phi) is 4.84. The van der Waals surface area contributed by atoms with E-state index >= 15 is 0 Å². The lowest BCUT2D eigenvalue weighted by molar-refractivity contribution is -0.139. The molecule has 1 fully saturated rings. The number of hydrogen-bond donors (Lipinski definition) is 1. The van der Waals surface area contributed by atoms with Gasteiger partial charge in [0.2, 0.25) is 11.8 Å². The molecule has 0 aromatic heterocycles. The fourth-order valence-corrected chi connectivity index (χ4v) is 3.29. The molecule has 1 aliphatic carbocycles. The summed E-state index contributed by atoms with van der Waals surface area (Å²) in [5.74, 6) is 0.683. The first-order valence-corrected chi connectivity index (χ1v) is 8.40. The molecule has 5 heteroatoms. The van der Waals surface area contributed by atoms with Gasteiger partial charge in [-0.05, 0) is 48.9 Å². The molecule has 0 unspecified atom stereocenters. The third kappa shape index (κ3) is 3.84. The number of carbonyl (C=O) groups is 2. The Bertz CT molecular complexity index is 600. The van der Waals surface area contributed by atoms with Crippen LogP contribution >= 0.6 is 0 Å². The summed E-state index contributed by atoms with van der Waals surface area (Å²) in [5, 5.41) is 2.88. The van der Waals surface area contributed by atoms with E-state index in [0.29, 0.717) is 26.1 Å². The van der Waals surface area contributed by atoms with E-state index < -0.39 is 0 Å². The van der Waals surface area contributed by atoms with Crippen molar-refractivity contribution in [3.05, 3.63) is 29.3 Å². The van der Waals surface area contributed by atoms with Gasteiger partial charge in [0.05, 0.1) is 6.54 Å². The predicted octanol–water partition coefficient (Wildman–Crippen LogP) is 1.54. The summed E-state index contributed by atoms with van der Waals surface area (Å²) < 4.78 is 5.72. The van der Waals surface area contributed by atoms with E-state index in [9.17, 15) is 9.59 Å². The van der Waals surface area contributed by atoms with Crippen LogP contribution in [0.5, 0.6) is 5.75 Å². The average molecular weight is 316 g/mol. The zero-order valence-electron chi connectivity index (χ0n) is 13.6. The van der Waals surface area contributed by atoms with Crippen molar-refractivity contribution in [2.75, 3.05) is 26.7 Å². The quantitative estimate of drug-likeness (QED) is 0.838. The van der Waals surface area contributed by atoms with E-state index in [4.69, 9.17) is 4.74 Å². The molecule has 0 spiro atoms. The van der Waals surface area contributed by atoms with Gasteiger partial charge in [-0.2, -0.15) is 0 Å². The molecule has 0 saturated carbocycles. The number of likely N-dealkylation sites (tertiary alicyclic amines) is 1. The second-order valence-corrected chi connectivity index (χ2v) is 6.43. The normalized spacial score (nSPS) is 20.3. The standard InChI is InChI=1S/C18H24N2O3/c1-20-9-7-15(12-17(20)21)18(22)19-8-10-23-16-6-5-13-3-2-4-14(13)11-16/h5-6,11,15H,2-4,7-10,12H2,1H3,(H,19,22)/t15-/m0/s1. The molecule has 1 heterocycles. The van der Waals surface area contributed by atoms with Gasteiger partial charge in [0.1, 0.15) is 12.4 Å². The second kappa shape index (κ2) is 7.02. The molecule has 1 aliphatic heterocycles. The smallest absolute Gasteiger partial charge is 0.223 e. The SMILES string of the molecule is CN1CC[C@H](C(=O)NCCOc2ccc3c(c2)CCC3)CC1=O. The molecule has 5 nitrogen and oxygen atoms in total. The Labute approximate surface area is 137 Å². The van der Waals surface area contributed by atoms with E-state index in [1.165, 1.54) is 24.0 Å². The van der Waals surface area contributed by atoms with Crippen LogP contribution < -0.4 is 10.1 Å². The molecule has 2 aliphatic rings. The number of aryl methyl sites for hydroxylation is 2. The number of amides is 2. The molecule has 1 aromatic carbocycles. The fraction of sp³-hybridized carbons (Fsp3) is 0.556. The zero-order chi connectivity index (χ0) is 16.2. The van der Waals surface area contributed by atoms with Crippen LogP contribution in [0.25, 0.3) is 0 Å². The summed E-state index contributed by atoms with van der Waals surface area (Å²) in [4.78, 5) is 25.4. The van der Waals surface area contributed by atoms with E-state index in [-0.39, 0.29) is 17.7 Å². The largest absolute Gasteiger partial charge is 0.492 e. The van der Waals surface area contributed by atoms with E-state index in [1.54, 1.807) is 11.9 Å². The maximum atomic E-state index is 12.1. The lowest BCUT2D eigenvalue weighted by atomic mass is 9.96. The first-order chi connectivity index (χ1) is 11.1. The molecule has 2 amide bonds. The lowest BCUT2D eigenvalue weighted by Gasteiger charge is -2.27. The van der Waals surface area contributed by atoms with Gasteiger partial charge >= 0.3 is 0 Å². The molecule has 1 N–H and O–H groups in total. The first-order valence-electron chi connectivity index (χ1n) is 8.40. The van der Waals surface area contributed by atoms with Crippen LogP contribution in [-0.4, -0.2) is 43.5 Å². The van der Waals surface area contributed by atoms with Crippen LogP contribution in [0.15, 0.2) is 18.2 Å². The minimum atomic E-state index is -0.196. The molecular formula is C18H24N2O3. The molecule has 3 rings (SSSR count). The summed E-state index contributed by atoms with van der Waals surface area (Å²) in [6.45, 7) is 1.57. The number of carbonyl (C=O) groups excluding carboxylic acids is 2. The van der Waals surface area contributed by atoms with Gasteiger partial charge in [-0.3, -0.25) is 9.59 Å². The highest BCUT2D eigenvalue weighted by molar-refractivity contribution is 5.86. The molecule has 1 saturated heterocycles. The molecule has 0 radical (unpaired) electrons. The van der Waals surface area contributed by atoms with Gasteiger partial charge in [-0.25, -0.2) is 0 Å². The molecule has 124 valence electrons. The summed E-state index contributed by atoms with van der Waals surface area (Å²) in [5.41, 5.74) is 2.81. The van der Waals surface area contributed by atoms with Crippen LogP contribution in [0, 0.1) is 5.92 Å². The summed E-state index contributed by atoms with van der Waals surface area (Å²) >= 11 is 0. The molecular weight excluding hydrogens is 292 g/mol. The van der Waals surface area contributed by atoms with Crippen LogP contribution in [0.4, 0.5) is 0 Å². The topological polar surface area (TPSA) is 58.6 Å². The third-order valence-electron chi connectivity index (χ3n) is 4.77. The van der Waals surface area contributed by atoms with Gasteiger partial charge in [-0.1, -0.05) is 6.07 Å². The van der Waals surface area contributed by atoms with Crippen LogP contribution in [-0.2, 0) is 22.4 Å². The van der Waals surface area contributed by atoms with Crippen LogP contribution in [0.3, 0.4) is 0 Å². The monoisotopic (exact) mass is 316 g/mol. The number of ether oxygens (including phenoxy) is 1. The highest BCUT2D eigenvalue weighted by Crippen LogP contribution is 2.25. The number of hydrogen-bond acceptors (Lipinski definition) is 3. The van der Waals surface area contributed by atoms with Crippen molar-refractivity contribution in [3.8, 4) is 5.75 Å². The van der Waals surface area contributed by atoms with Crippen molar-refractivity contribution < 1.29 is 14.3 Å². The van der Waals surface area contributed by atoms with Crippen molar-refractivity contribution in [2.24, 2.45) is 5.92 Å². The van der Waals surface area contributed by atoms with Gasteiger partial charge in [-0.15, -0.1) is 0 Å². The summed E-state index contributed by atoms with van der Waals surface area (Å²) in [6.07, 6.45) is 4.58. The Balaban J connectivity index is 1.39. The Morgan fingerprint density at radius 1 is 1.35 bits per heavy atom. The van der Waals surface area contributed by atoms with E-state index in [1.807, 2.05) is 6.07 Å². The summed E-state index contributed by atoms with van der Waals surface area (Å²) in [6, 6.07) is 6.25. The maximum Gasteiger partial charge on any atom is 0.223 e. The number of rotatable bonds is 5. The Morgan fingerprint density at radius 2 is 2.17 bits per heavy atom. The Hall–Kier alpha value is -2.04. The van der Waals surface area contributed by atoms with Crippen molar-refractivity contribution in [2.45, 2.75) is 32.1 Å².